The molecule has 3 heteroatoms. The van der Waals surface area contributed by atoms with Gasteiger partial charge in [-0.05, 0) is 18.8 Å². The summed E-state index contributed by atoms with van der Waals surface area (Å²) in [5.74, 6) is 0.410. The molecule has 0 aromatic carbocycles. The molecule has 2 fully saturated rings. The number of aliphatic hydroxyl groups excluding tert-OH is 1. The maximum Gasteiger partial charge on any atom is 0.158 e. The lowest BCUT2D eigenvalue weighted by Crippen LogP contribution is -2.20. The fourth-order valence-corrected chi connectivity index (χ4v) is 2.08. The van der Waals surface area contributed by atoms with Gasteiger partial charge in [0.2, 0.25) is 0 Å². The van der Waals surface area contributed by atoms with E-state index in [1.54, 1.807) is 0 Å². The van der Waals surface area contributed by atoms with Crippen molar-refractivity contribution in [2.45, 2.75) is 38.1 Å². The van der Waals surface area contributed by atoms with Crippen LogP contribution in [0, 0.1) is 5.92 Å². The van der Waals surface area contributed by atoms with Crippen molar-refractivity contribution in [3.05, 3.63) is 0 Å². The Hall–Kier alpha value is -0.120. The first-order valence-corrected chi connectivity index (χ1v) is 4.77. The van der Waals surface area contributed by atoms with Crippen molar-refractivity contribution in [2.75, 3.05) is 13.2 Å². The molecule has 0 radical (unpaired) electrons. The largest absolute Gasteiger partial charge is 0.393 e. The molecule has 0 aromatic heterocycles. The molecule has 1 aliphatic heterocycles. The topological polar surface area (TPSA) is 38.7 Å². The van der Waals surface area contributed by atoms with Gasteiger partial charge in [0.05, 0.1) is 19.3 Å². The Morgan fingerprint density at radius 1 is 1.17 bits per heavy atom. The number of hydrogen-bond donors (Lipinski definition) is 1. The highest BCUT2D eigenvalue weighted by Crippen LogP contribution is 2.30. The molecule has 0 aromatic rings. The third-order valence-electron chi connectivity index (χ3n) is 2.80. The minimum atomic E-state index is -0.113. The Labute approximate surface area is 72.7 Å². The monoisotopic (exact) mass is 172 g/mol. The number of rotatable bonds is 2. The molecule has 1 N–H and O–H groups in total. The van der Waals surface area contributed by atoms with Crippen LogP contribution in [0.3, 0.4) is 0 Å². The molecule has 0 bridgehead atoms. The van der Waals surface area contributed by atoms with Gasteiger partial charge in [-0.1, -0.05) is 6.42 Å². The van der Waals surface area contributed by atoms with Crippen LogP contribution in [0.5, 0.6) is 0 Å². The van der Waals surface area contributed by atoms with E-state index in [1.165, 1.54) is 0 Å². The smallest absolute Gasteiger partial charge is 0.158 e. The van der Waals surface area contributed by atoms with E-state index in [4.69, 9.17) is 9.47 Å². The summed E-state index contributed by atoms with van der Waals surface area (Å²) in [5, 5.41) is 9.54. The Balaban J connectivity index is 1.77. The molecular weight excluding hydrogens is 156 g/mol. The van der Waals surface area contributed by atoms with Crippen LogP contribution < -0.4 is 0 Å². The van der Waals surface area contributed by atoms with Gasteiger partial charge in [0, 0.05) is 6.42 Å². The molecule has 2 aliphatic rings. The van der Waals surface area contributed by atoms with Gasteiger partial charge in [-0.15, -0.1) is 0 Å². The summed E-state index contributed by atoms with van der Waals surface area (Å²) in [6.45, 7) is 1.43. The van der Waals surface area contributed by atoms with E-state index in [1.807, 2.05) is 0 Å². The van der Waals surface area contributed by atoms with Crippen LogP contribution in [0.1, 0.15) is 25.7 Å². The van der Waals surface area contributed by atoms with Gasteiger partial charge in [-0.2, -0.15) is 0 Å². The molecule has 2 rings (SSSR count). The summed E-state index contributed by atoms with van der Waals surface area (Å²) in [6.07, 6.45) is 3.96. The molecule has 12 heavy (non-hydrogen) atoms. The van der Waals surface area contributed by atoms with E-state index < -0.39 is 0 Å². The predicted octanol–water partition coefficient (Wildman–Crippen LogP) is 0.910. The standard InChI is InChI=1S/C9H16O3/c10-8-3-1-2-7(8)6-9-11-4-5-12-9/h7-10H,1-6H2/t7-,8-/m0/s1. The quantitative estimate of drug-likeness (QED) is 0.673. The lowest BCUT2D eigenvalue weighted by Gasteiger charge is -2.17. The van der Waals surface area contributed by atoms with Crippen molar-refractivity contribution in [3.63, 3.8) is 0 Å². The number of hydrogen-bond acceptors (Lipinski definition) is 3. The maximum absolute atomic E-state index is 9.54. The molecule has 1 saturated carbocycles. The van der Waals surface area contributed by atoms with Gasteiger partial charge in [0.1, 0.15) is 0 Å². The first-order valence-electron chi connectivity index (χ1n) is 4.77. The van der Waals surface area contributed by atoms with Gasteiger partial charge in [-0.3, -0.25) is 0 Å². The molecule has 0 unspecified atom stereocenters. The Bertz CT molecular complexity index is 143. The van der Waals surface area contributed by atoms with Crippen LogP contribution >= 0.6 is 0 Å². The Morgan fingerprint density at radius 3 is 2.50 bits per heavy atom. The van der Waals surface area contributed by atoms with Crippen LogP contribution in [0.15, 0.2) is 0 Å². The van der Waals surface area contributed by atoms with Gasteiger partial charge in [0.15, 0.2) is 6.29 Å². The highest BCUT2D eigenvalue weighted by Gasteiger charge is 2.29. The second-order valence-corrected chi connectivity index (χ2v) is 3.67. The van der Waals surface area contributed by atoms with Crippen LogP contribution in [0.4, 0.5) is 0 Å². The molecule has 2 atom stereocenters. The molecule has 70 valence electrons. The molecule has 0 spiro atoms. The molecule has 0 amide bonds. The number of ether oxygens (including phenoxy) is 2. The minimum Gasteiger partial charge on any atom is -0.393 e. The lowest BCUT2D eigenvalue weighted by molar-refractivity contribution is -0.0658. The maximum atomic E-state index is 9.54. The van der Waals surface area contributed by atoms with Crippen molar-refractivity contribution in [1.29, 1.82) is 0 Å². The predicted molar refractivity (Wildman–Crippen MR) is 43.7 cm³/mol. The second-order valence-electron chi connectivity index (χ2n) is 3.67. The van der Waals surface area contributed by atoms with Gasteiger partial charge >= 0.3 is 0 Å². The Morgan fingerprint density at radius 2 is 1.92 bits per heavy atom. The van der Waals surface area contributed by atoms with E-state index >= 15 is 0 Å². The first-order chi connectivity index (χ1) is 5.86. The molecule has 3 nitrogen and oxygen atoms in total. The van der Waals surface area contributed by atoms with Crippen LogP contribution in [-0.4, -0.2) is 30.7 Å². The van der Waals surface area contributed by atoms with Crippen LogP contribution in [0.25, 0.3) is 0 Å². The van der Waals surface area contributed by atoms with E-state index in [9.17, 15) is 5.11 Å². The molecule has 1 heterocycles. The van der Waals surface area contributed by atoms with Crippen LogP contribution in [-0.2, 0) is 9.47 Å². The van der Waals surface area contributed by atoms with Crippen molar-refractivity contribution < 1.29 is 14.6 Å². The van der Waals surface area contributed by atoms with E-state index in [0.29, 0.717) is 19.1 Å². The van der Waals surface area contributed by atoms with Gasteiger partial charge in [-0.25, -0.2) is 0 Å². The Kier molecular flexibility index (Phi) is 2.63. The fourth-order valence-electron chi connectivity index (χ4n) is 2.08. The second kappa shape index (κ2) is 3.73. The zero-order chi connectivity index (χ0) is 8.39. The zero-order valence-corrected chi connectivity index (χ0v) is 7.24. The minimum absolute atomic E-state index is 0.0391. The van der Waals surface area contributed by atoms with E-state index in [-0.39, 0.29) is 12.4 Å². The first kappa shape index (κ1) is 8.48. The average Bonchev–Trinajstić information content (AvgIpc) is 2.65. The highest BCUT2D eigenvalue weighted by atomic mass is 16.7. The van der Waals surface area contributed by atoms with Gasteiger partial charge in [0.25, 0.3) is 0 Å². The SMILES string of the molecule is O[C@H]1CCC[C@H]1CC1OCCO1. The lowest BCUT2D eigenvalue weighted by atomic mass is 10.0. The summed E-state index contributed by atoms with van der Waals surface area (Å²) in [5.41, 5.74) is 0. The summed E-state index contributed by atoms with van der Waals surface area (Å²) in [4.78, 5) is 0. The zero-order valence-electron chi connectivity index (χ0n) is 7.24. The third-order valence-corrected chi connectivity index (χ3v) is 2.80. The summed E-state index contributed by atoms with van der Waals surface area (Å²) in [7, 11) is 0. The van der Waals surface area contributed by atoms with E-state index in [0.717, 1.165) is 25.7 Å². The van der Waals surface area contributed by atoms with Crippen molar-refractivity contribution in [2.24, 2.45) is 5.92 Å². The normalized spacial score (nSPS) is 37.8. The highest BCUT2D eigenvalue weighted by molar-refractivity contribution is 4.77. The van der Waals surface area contributed by atoms with Crippen molar-refractivity contribution >= 4 is 0 Å². The van der Waals surface area contributed by atoms with Crippen molar-refractivity contribution in [3.8, 4) is 0 Å². The van der Waals surface area contributed by atoms with Crippen LogP contribution in [0.2, 0.25) is 0 Å². The van der Waals surface area contributed by atoms with Gasteiger partial charge < -0.3 is 14.6 Å². The average molecular weight is 172 g/mol. The molecule has 1 saturated heterocycles. The summed E-state index contributed by atoms with van der Waals surface area (Å²) in [6, 6.07) is 0. The fraction of sp³-hybridized carbons (Fsp3) is 1.00. The summed E-state index contributed by atoms with van der Waals surface area (Å²) < 4.78 is 10.7. The molecule has 1 aliphatic carbocycles. The molecular formula is C9H16O3. The third kappa shape index (κ3) is 1.79. The van der Waals surface area contributed by atoms with E-state index in [2.05, 4.69) is 0 Å². The van der Waals surface area contributed by atoms with Crippen molar-refractivity contribution in [1.82, 2.24) is 0 Å². The number of aliphatic hydroxyl groups is 1. The summed E-state index contributed by atoms with van der Waals surface area (Å²) >= 11 is 0.